The molecule has 1 atom stereocenters. The van der Waals surface area contributed by atoms with Gasteiger partial charge < -0.3 is 15.5 Å². The van der Waals surface area contributed by atoms with Crippen LogP contribution in [-0.2, 0) is 0 Å². The topological polar surface area (TPSA) is 44.4 Å². The minimum absolute atomic E-state index is 0.0820. The predicted octanol–water partition coefficient (Wildman–Crippen LogP) is 0.00960. The summed E-state index contributed by atoms with van der Waals surface area (Å²) in [5, 5.41) is 6.01. The largest absolute Gasteiger partial charge is 0.333 e. The van der Waals surface area contributed by atoms with Crippen molar-refractivity contribution < 1.29 is 4.79 Å². The van der Waals surface area contributed by atoms with E-state index >= 15 is 0 Å². The van der Waals surface area contributed by atoms with Crippen molar-refractivity contribution in [1.29, 1.82) is 0 Å². The van der Waals surface area contributed by atoms with Crippen molar-refractivity contribution in [2.75, 3.05) is 26.7 Å². The van der Waals surface area contributed by atoms with E-state index < -0.39 is 0 Å². The molecule has 1 heterocycles. The molecule has 0 aromatic carbocycles. The lowest BCUT2D eigenvalue weighted by Crippen LogP contribution is -2.29. The molecular weight excluding hydrogens is 154 g/mol. The minimum atomic E-state index is 0.0820. The van der Waals surface area contributed by atoms with E-state index in [9.17, 15) is 4.79 Å². The van der Waals surface area contributed by atoms with E-state index in [1.807, 2.05) is 18.9 Å². The second-order valence-electron chi connectivity index (χ2n) is 3.08. The number of carbonyl (C=O) groups is 1. The molecule has 1 rings (SSSR count). The van der Waals surface area contributed by atoms with Crippen LogP contribution in [0, 0.1) is 0 Å². The molecule has 4 nitrogen and oxygen atoms in total. The van der Waals surface area contributed by atoms with E-state index in [2.05, 4.69) is 10.6 Å². The van der Waals surface area contributed by atoms with Crippen molar-refractivity contribution in [3.63, 3.8) is 0 Å². The molecule has 0 aliphatic carbocycles. The average molecular weight is 171 g/mol. The van der Waals surface area contributed by atoms with Gasteiger partial charge in [0.2, 0.25) is 0 Å². The highest BCUT2D eigenvalue weighted by molar-refractivity contribution is 5.76. The zero-order chi connectivity index (χ0) is 8.97. The SMILES string of the molecule is CCN1CC(CCNC)NC1=O. The fraction of sp³-hybridized carbons (Fsp3) is 0.875. The van der Waals surface area contributed by atoms with E-state index in [1.54, 1.807) is 0 Å². The molecule has 1 saturated heterocycles. The number of amides is 2. The second kappa shape index (κ2) is 4.30. The lowest BCUT2D eigenvalue weighted by molar-refractivity contribution is 0.219. The molecule has 0 bridgehead atoms. The zero-order valence-electron chi connectivity index (χ0n) is 7.76. The molecule has 0 aromatic heterocycles. The molecule has 2 N–H and O–H groups in total. The van der Waals surface area contributed by atoms with Crippen LogP contribution in [0.2, 0.25) is 0 Å². The smallest absolute Gasteiger partial charge is 0.317 e. The van der Waals surface area contributed by atoms with Gasteiger partial charge in [0.1, 0.15) is 0 Å². The van der Waals surface area contributed by atoms with Crippen LogP contribution in [0.1, 0.15) is 13.3 Å². The number of likely N-dealkylation sites (N-methyl/N-ethyl adjacent to an activating group) is 1. The highest BCUT2D eigenvalue weighted by atomic mass is 16.2. The monoisotopic (exact) mass is 171 g/mol. The maximum Gasteiger partial charge on any atom is 0.317 e. The van der Waals surface area contributed by atoms with Crippen molar-refractivity contribution in [2.24, 2.45) is 0 Å². The van der Waals surface area contributed by atoms with Crippen LogP contribution >= 0.6 is 0 Å². The summed E-state index contributed by atoms with van der Waals surface area (Å²) in [6.07, 6.45) is 1.01. The third kappa shape index (κ3) is 2.11. The first kappa shape index (κ1) is 9.32. The lowest BCUT2D eigenvalue weighted by Gasteiger charge is -2.10. The number of hydrogen-bond acceptors (Lipinski definition) is 2. The van der Waals surface area contributed by atoms with Crippen molar-refractivity contribution in [3.8, 4) is 0 Å². The summed E-state index contributed by atoms with van der Waals surface area (Å²) in [6, 6.07) is 0.420. The van der Waals surface area contributed by atoms with Crippen LogP contribution in [0.3, 0.4) is 0 Å². The van der Waals surface area contributed by atoms with Gasteiger partial charge in [-0.3, -0.25) is 0 Å². The first-order valence-electron chi connectivity index (χ1n) is 4.48. The van der Waals surface area contributed by atoms with Crippen LogP contribution in [0.25, 0.3) is 0 Å². The first-order valence-corrected chi connectivity index (χ1v) is 4.48. The summed E-state index contributed by atoms with van der Waals surface area (Å²) in [7, 11) is 1.92. The Kier molecular flexibility index (Phi) is 3.34. The Balaban J connectivity index is 2.28. The zero-order valence-corrected chi connectivity index (χ0v) is 7.76. The highest BCUT2D eigenvalue weighted by Crippen LogP contribution is 2.05. The van der Waals surface area contributed by atoms with Gasteiger partial charge in [0.25, 0.3) is 0 Å². The van der Waals surface area contributed by atoms with Crippen LogP contribution in [0.4, 0.5) is 4.79 Å². The van der Waals surface area contributed by atoms with Crippen LogP contribution in [-0.4, -0.2) is 43.7 Å². The standard InChI is InChI=1S/C8H17N3O/c1-3-11-6-7(4-5-9-2)10-8(11)12/h7,9H,3-6H2,1-2H3,(H,10,12). The van der Waals surface area contributed by atoms with Crippen molar-refractivity contribution in [2.45, 2.75) is 19.4 Å². The molecule has 2 amide bonds. The van der Waals surface area contributed by atoms with Gasteiger partial charge in [-0.2, -0.15) is 0 Å². The Morgan fingerprint density at radius 1 is 1.75 bits per heavy atom. The fourth-order valence-corrected chi connectivity index (χ4v) is 1.42. The third-order valence-electron chi connectivity index (χ3n) is 2.18. The Morgan fingerprint density at radius 2 is 2.50 bits per heavy atom. The van der Waals surface area contributed by atoms with E-state index in [0.29, 0.717) is 6.04 Å². The van der Waals surface area contributed by atoms with Crippen LogP contribution in [0.5, 0.6) is 0 Å². The average Bonchev–Trinajstić information content (AvgIpc) is 2.43. The van der Waals surface area contributed by atoms with Gasteiger partial charge in [-0.1, -0.05) is 0 Å². The maximum absolute atomic E-state index is 11.2. The molecule has 0 saturated carbocycles. The van der Waals surface area contributed by atoms with Crippen LogP contribution in [0.15, 0.2) is 0 Å². The van der Waals surface area contributed by atoms with E-state index in [1.165, 1.54) is 0 Å². The Morgan fingerprint density at radius 3 is 3.00 bits per heavy atom. The summed E-state index contributed by atoms with van der Waals surface area (Å²) in [6.45, 7) is 4.63. The molecule has 4 heteroatoms. The Bertz CT molecular complexity index is 160. The normalized spacial score (nSPS) is 23.0. The summed E-state index contributed by atoms with van der Waals surface area (Å²) < 4.78 is 0. The van der Waals surface area contributed by atoms with Gasteiger partial charge in [-0.25, -0.2) is 4.79 Å². The van der Waals surface area contributed by atoms with Crippen molar-refractivity contribution in [3.05, 3.63) is 0 Å². The van der Waals surface area contributed by atoms with Gasteiger partial charge in [0.05, 0.1) is 0 Å². The molecule has 0 spiro atoms. The van der Waals surface area contributed by atoms with Gasteiger partial charge in [-0.05, 0) is 26.9 Å². The molecule has 0 aromatic rings. The molecule has 1 unspecified atom stereocenters. The van der Waals surface area contributed by atoms with E-state index in [0.717, 1.165) is 26.1 Å². The fourth-order valence-electron chi connectivity index (χ4n) is 1.42. The lowest BCUT2D eigenvalue weighted by atomic mass is 10.2. The van der Waals surface area contributed by atoms with E-state index in [-0.39, 0.29) is 6.03 Å². The summed E-state index contributed by atoms with van der Waals surface area (Å²) in [5.41, 5.74) is 0. The summed E-state index contributed by atoms with van der Waals surface area (Å²) >= 11 is 0. The van der Waals surface area contributed by atoms with Gasteiger partial charge in [0.15, 0.2) is 0 Å². The number of hydrogen-bond donors (Lipinski definition) is 2. The first-order chi connectivity index (χ1) is 5.77. The third-order valence-corrected chi connectivity index (χ3v) is 2.18. The second-order valence-corrected chi connectivity index (χ2v) is 3.08. The Hall–Kier alpha value is -0.770. The molecule has 1 aliphatic rings. The van der Waals surface area contributed by atoms with Crippen molar-refractivity contribution in [1.82, 2.24) is 15.5 Å². The predicted molar refractivity (Wildman–Crippen MR) is 48.1 cm³/mol. The number of carbonyl (C=O) groups excluding carboxylic acids is 1. The van der Waals surface area contributed by atoms with Crippen LogP contribution < -0.4 is 10.6 Å². The van der Waals surface area contributed by atoms with E-state index in [4.69, 9.17) is 0 Å². The number of rotatable bonds is 4. The summed E-state index contributed by atoms with van der Waals surface area (Å²) in [4.78, 5) is 13.0. The summed E-state index contributed by atoms with van der Waals surface area (Å²) in [5.74, 6) is 0. The molecule has 1 fully saturated rings. The quantitative estimate of drug-likeness (QED) is 0.626. The molecule has 70 valence electrons. The number of nitrogens with zero attached hydrogens (tertiary/aromatic N) is 1. The van der Waals surface area contributed by atoms with Gasteiger partial charge in [-0.15, -0.1) is 0 Å². The maximum atomic E-state index is 11.2. The van der Waals surface area contributed by atoms with Gasteiger partial charge in [0, 0.05) is 19.1 Å². The minimum Gasteiger partial charge on any atom is -0.333 e. The van der Waals surface area contributed by atoms with Gasteiger partial charge >= 0.3 is 6.03 Å². The Labute approximate surface area is 73.3 Å². The highest BCUT2D eigenvalue weighted by Gasteiger charge is 2.26. The number of urea groups is 1. The molecule has 12 heavy (non-hydrogen) atoms. The number of nitrogens with one attached hydrogen (secondary N) is 2. The molecule has 1 aliphatic heterocycles. The van der Waals surface area contributed by atoms with Crippen molar-refractivity contribution >= 4 is 6.03 Å². The molecule has 0 radical (unpaired) electrons. The molecular formula is C8H17N3O.